The van der Waals surface area contributed by atoms with E-state index < -0.39 is 0 Å². The molecule has 0 amide bonds. The molecule has 0 unspecified atom stereocenters. The van der Waals surface area contributed by atoms with Crippen LogP contribution in [0.25, 0.3) is 0 Å². The molecule has 0 spiro atoms. The van der Waals surface area contributed by atoms with Crippen molar-refractivity contribution < 1.29 is 10.2 Å². The Morgan fingerprint density at radius 2 is 2.00 bits per heavy atom. The van der Waals surface area contributed by atoms with Crippen molar-refractivity contribution in [3.05, 3.63) is 24.3 Å². The zero-order valence-corrected chi connectivity index (χ0v) is 14.5. The Balaban J connectivity index is 1.71. The summed E-state index contributed by atoms with van der Waals surface area (Å²) in [5.74, 6) is 2.14. The van der Waals surface area contributed by atoms with Crippen LogP contribution in [-0.2, 0) is 0 Å². The molecule has 4 rings (SSSR count). The molecule has 0 aromatic rings. The number of rotatable bonds is 2. The number of aliphatic hydroxyl groups excluding tert-OH is 2. The molecule has 0 saturated heterocycles. The lowest BCUT2D eigenvalue weighted by atomic mass is 9.46. The first kappa shape index (κ1) is 15.9. The predicted molar refractivity (Wildman–Crippen MR) is 92.9 cm³/mol. The molecule has 2 heteroatoms. The molecular weight excluding hydrogens is 284 g/mol. The fourth-order valence-corrected chi connectivity index (χ4v) is 7.05. The second-order valence-electron chi connectivity index (χ2n) is 9.03. The van der Waals surface area contributed by atoms with Crippen molar-refractivity contribution in [2.24, 2.45) is 28.6 Å². The van der Waals surface area contributed by atoms with Gasteiger partial charge in [0.05, 0.1) is 12.2 Å². The Morgan fingerprint density at radius 3 is 2.78 bits per heavy atom. The van der Waals surface area contributed by atoms with Gasteiger partial charge in [0.25, 0.3) is 0 Å². The van der Waals surface area contributed by atoms with Gasteiger partial charge in [-0.15, -0.1) is 6.58 Å². The van der Waals surface area contributed by atoms with Crippen LogP contribution in [0.4, 0.5) is 0 Å². The number of hydrogen-bond acceptors (Lipinski definition) is 2. The Hall–Kier alpha value is -0.600. The zero-order valence-electron chi connectivity index (χ0n) is 14.5. The lowest BCUT2D eigenvalue weighted by Gasteiger charge is -2.58. The van der Waals surface area contributed by atoms with Gasteiger partial charge in [0.2, 0.25) is 0 Å². The largest absolute Gasteiger partial charge is 0.393 e. The summed E-state index contributed by atoms with van der Waals surface area (Å²) in [5.41, 5.74) is 1.94. The van der Waals surface area contributed by atoms with E-state index in [0.717, 1.165) is 43.9 Å². The zero-order chi connectivity index (χ0) is 16.2. The highest BCUT2D eigenvalue weighted by Gasteiger charge is 2.59. The third-order valence-corrected chi connectivity index (χ3v) is 8.26. The van der Waals surface area contributed by atoms with E-state index in [0.29, 0.717) is 5.92 Å². The minimum atomic E-state index is -0.141. The highest BCUT2D eigenvalue weighted by Crippen LogP contribution is 2.65. The molecular formula is C21H32O2. The van der Waals surface area contributed by atoms with E-state index in [-0.39, 0.29) is 23.0 Å². The van der Waals surface area contributed by atoms with Gasteiger partial charge in [-0.2, -0.15) is 0 Å². The molecule has 128 valence electrons. The SMILES string of the molecule is C=CC[C@]12CC[C@H](O)CC1=CC[C@@H]1[C@@H]2CC[C@]2(C)[C@@H](O)CC[C@@H]12. The molecule has 4 aliphatic rings. The second-order valence-corrected chi connectivity index (χ2v) is 9.03. The molecule has 2 nitrogen and oxygen atoms in total. The third-order valence-electron chi connectivity index (χ3n) is 8.26. The average Bonchev–Trinajstić information content (AvgIpc) is 2.84. The van der Waals surface area contributed by atoms with Crippen LogP contribution >= 0.6 is 0 Å². The summed E-state index contributed by atoms with van der Waals surface area (Å²) in [5, 5.41) is 20.7. The van der Waals surface area contributed by atoms with E-state index in [1.54, 1.807) is 0 Å². The van der Waals surface area contributed by atoms with Crippen LogP contribution in [0.5, 0.6) is 0 Å². The van der Waals surface area contributed by atoms with Gasteiger partial charge in [0, 0.05) is 0 Å². The van der Waals surface area contributed by atoms with E-state index in [9.17, 15) is 10.2 Å². The van der Waals surface area contributed by atoms with E-state index in [1.807, 2.05) is 0 Å². The van der Waals surface area contributed by atoms with Gasteiger partial charge < -0.3 is 10.2 Å². The van der Waals surface area contributed by atoms with Gasteiger partial charge in [0.15, 0.2) is 0 Å². The average molecular weight is 316 g/mol. The summed E-state index contributed by atoms with van der Waals surface area (Å²) in [6, 6.07) is 0. The van der Waals surface area contributed by atoms with Crippen molar-refractivity contribution in [2.75, 3.05) is 0 Å². The van der Waals surface area contributed by atoms with Crippen molar-refractivity contribution >= 4 is 0 Å². The molecule has 0 radical (unpaired) electrons. The van der Waals surface area contributed by atoms with Gasteiger partial charge >= 0.3 is 0 Å². The van der Waals surface area contributed by atoms with Crippen molar-refractivity contribution in [1.82, 2.24) is 0 Å². The fourth-order valence-electron chi connectivity index (χ4n) is 7.05. The normalized spacial score (nSPS) is 52.1. The Labute approximate surface area is 140 Å². The summed E-state index contributed by atoms with van der Waals surface area (Å²) in [7, 11) is 0. The van der Waals surface area contributed by atoms with Crippen LogP contribution < -0.4 is 0 Å². The van der Waals surface area contributed by atoms with Crippen LogP contribution in [-0.4, -0.2) is 22.4 Å². The van der Waals surface area contributed by atoms with Crippen molar-refractivity contribution in [2.45, 2.75) is 76.9 Å². The third kappa shape index (κ3) is 2.14. The standard InChI is InChI=1S/C21H32O2/c1-3-10-21-12-8-15(22)13-14(21)4-5-16-17-6-7-19(23)20(17,2)11-9-18(16)21/h3-4,15-19,22-23H,1,5-13H2,2H3/t15-,16-,17-,18-,19-,20-,21-/m0/s1. The number of allylic oxidation sites excluding steroid dienone is 2. The maximum Gasteiger partial charge on any atom is 0.0596 e. The molecule has 0 heterocycles. The minimum absolute atomic E-state index is 0.0950. The Bertz CT molecular complexity index is 524. The van der Waals surface area contributed by atoms with E-state index in [4.69, 9.17) is 0 Å². The van der Waals surface area contributed by atoms with Gasteiger partial charge in [-0.1, -0.05) is 24.6 Å². The van der Waals surface area contributed by atoms with Crippen molar-refractivity contribution in [1.29, 1.82) is 0 Å². The highest BCUT2D eigenvalue weighted by molar-refractivity contribution is 5.27. The smallest absolute Gasteiger partial charge is 0.0596 e. The molecule has 0 bridgehead atoms. The topological polar surface area (TPSA) is 40.5 Å². The van der Waals surface area contributed by atoms with Crippen molar-refractivity contribution in [3.8, 4) is 0 Å². The van der Waals surface area contributed by atoms with Gasteiger partial charge in [-0.05, 0) is 86.4 Å². The number of fused-ring (bicyclic) bond motifs is 5. The van der Waals surface area contributed by atoms with Crippen LogP contribution in [0, 0.1) is 28.6 Å². The molecule has 3 fully saturated rings. The first-order valence-corrected chi connectivity index (χ1v) is 9.68. The molecule has 4 aliphatic carbocycles. The Kier molecular flexibility index (Phi) is 3.77. The maximum atomic E-state index is 10.5. The highest BCUT2D eigenvalue weighted by atomic mass is 16.3. The lowest BCUT2D eigenvalue weighted by molar-refractivity contribution is -0.0752. The van der Waals surface area contributed by atoms with E-state index in [2.05, 4.69) is 25.7 Å². The quantitative estimate of drug-likeness (QED) is 0.749. The number of hydrogen-bond donors (Lipinski definition) is 2. The minimum Gasteiger partial charge on any atom is -0.393 e. The molecule has 7 atom stereocenters. The van der Waals surface area contributed by atoms with Crippen LogP contribution in [0.3, 0.4) is 0 Å². The second kappa shape index (κ2) is 5.46. The van der Waals surface area contributed by atoms with Crippen LogP contribution in [0.2, 0.25) is 0 Å². The summed E-state index contributed by atoms with van der Waals surface area (Å²) in [6.07, 6.45) is 14.2. The molecule has 2 N–H and O–H groups in total. The molecule has 0 aromatic carbocycles. The van der Waals surface area contributed by atoms with E-state index in [1.165, 1.54) is 31.3 Å². The summed E-state index contributed by atoms with van der Waals surface area (Å²) < 4.78 is 0. The molecule has 3 saturated carbocycles. The molecule has 0 aromatic heterocycles. The van der Waals surface area contributed by atoms with Crippen LogP contribution in [0.15, 0.2) is 24.3 Å². The van der Waals surface area contributed by atoms with Gasteiger partial charge in [-0.25, -0.2) is 0 Å². The monoisotopic (exact) mass is 316 g/mol. The summed E-state index contributed by atoms with van der Waals surface area (Å²) in [6.45, 7) is 6.40. The Morgan fingerprint density at radius 1 is 1.17 bits per heavy atom. The molecule has 0 aliphatic heterocycles. The van der Waals surface area contributed by atoms with Gasteiger partial charge in [-0.3, -0.25) is 0 Å². The van der Waals surface area contributed by atoms with Crippen molar-refractivity contribution in [3.63, 3.8) is 0 Å². The number of aliphatic hydroxyl groups is 2. The van der Waals surface area contributed by atoms with E-state index >= 15 is 0 Å². The maximum absolute atomic E-state index is 10.5. The fraction of sp³-hybridized carbons (Fsp3) is 0.810. The van der Waals surface area contributed by atoms with Gasteiger partial charge in [0.1, 0.15) is 0 Å². The molecule has 23 heavy (non-hydrogen) atoms. The lowest BCUT2D eigenvalue weighted by Crippen LogP contribution is -2.52. The first-order valence-electron chi connectivity index (χ1n) is 9.68. The first-order chi connectivity index (χ1) is 11.0. The summed E-state index contributed by atoms with van der Waals surface area (Å²) >= 11 is 0. The summed E-state index contributed by atoms with van der Waals surface area (Å²) in [4.78, 5) is 0. The van der Waals surface area contributed by atoms with Crippen LogP contribution in [0.1, 0.15) is 64.7 Å². The predicted octanol–water partition coefficient (Wildman–Crippen LogP) is 4.23.